The Morgan fingerprint density at radius 3 is 2.47 bits per heavy atom. The fourth-order valence-corrected chi connectivity index (χ4v) is 1.85. The third kappa shape index (κ3) is 5.29. The summed E-state index contributed by atoms with van der Waals surface area (Å²) in [5.41, 5.74) is 0.371. The van der Waals surface area contributed by atoms with E-state index < -0.39 is 5.54 Å². The summed E-state index contributed by atoms with van der Waals surface area (Å²) in [4.78, 5) is 0. The maximum Gasteiger partial charge on any atom is 0.138 e. The number of nitrogens with zero attached hydrogens (tertiary/aromatic N) is 1. The van der Waals surface area contributed by atoms with Crippen molar-refractivity contribution in [2.45, 2.75) is 38.8 Å². The number of aliphatic hydroxyl groups is 1. The van der Waals surface area contributed by atoms with E-state index in [2.05, 4.69) is 11.4 Å². The van der Waals surface area contributed by atoms with Gasteiger partial charge in [-0.3, -0.25) is 5.32 Å². The van der Waals surface area contributed by atoms with Crippen molar-refractivity contribution >= 4 is 0 Å². The Bertz CT molecular complexity index is 423. The van der Waals surface area contributed by atoms with Gasteiger partial charge in [0, 0.05) is 12.6 Å². The molecule has 1 unspecified atom stereocenters. The summed E-state index contributed by atoms with van der Waals surface area (Å²) in [7, 11) is 0. The zero-order valence-electron chi connectivity index (χ0n) is 11.8. The molecule has 0 saturated heterocycles. The van der Waals surface area contributed by atoms with Crippen molar-refractivity contribution in [1.82, 2.24) is 5.32 Å². The van der Waals surface area contributed by atoms with Gasteiger partial charge in [-0.1, -0.05) is 12.1 Å². The Morgan fingerprint density at radius 2 is 2.00 bits per heavy atom. The Balaban J connectivity index is 2.57. The van der Waals surface area contributed by atoms with Crippen LogP contribution in [0, 0.1) is 11.3 Å². The summed E-state index contributed by atoms with van der Waals surface area (Å²) in [6.45, 7) is 6.26. The summed E-state index contributed by atoms with van der Waals surface area (Å²) >= 11 is 0. The summed E-state index contributed by atoms with van der Waals surface area (Å²) in [5, 5.41) is 21.2. The maximum absolute atomic E-state index is 9.21. The van der Waals surface area contributed by atoms with Crippen LogP contribution in [0.25, 0.3) is 0 Å². The topological polar surface area (TPSA) is 65.3 Å². The highest BCUT2D eigenvalue weighted by atomic mass is 16.5. The largest absolute Gasteiger partial charge is 0.491 e. The van der Waals surface area contributed by atoms with Crippen molar-refractivity contribution in [2.75, 3.05) is 13.2 Å². The van der Waals surface area contributed by atoms with Crippen LogP contribution in [0.2, 0.25) is 0 Å². The van der Waals surface area contributed by atoms with Gasteiger partial charge in [-0.25, -0.2) is 0 Å². The van der Waals surface area contributed by atoms with Gasteiger partial charge >= 0.3 is 0 Å². The van der Waals surface area contributed by atoms with E-state index in [0.717, 1.165) is 11.3 Å². The predicted octanol–water partition coefficient (Wildman–Crippen LogP) is 1.88. The molecule has 0 aliphatic rings. The van der Waals surface area contributed by atoms with E-state index in [1.54, 1.807) is 0 Å². The molecule has 0 saturated carbocycles. The van der Waals surface area contributed by atoms with Crippen LogP contribution in [0.5, 0.6) is 5.75 Å². The number of nitriles is 1. The quantitative estimate of drug-likeness (QED) is 0.787. The van der Waals surface area contributed by atoms with E-state index in [1.807, 2.05) is 45.0 Å². The van der Waals surface area contributed by atoms with E-state index in [4.69, 9.17) is 9.84 Å². The molecule has 0 aromatic heterocycles. The summed E-state index contributed by atoms with van der Waals surface area (Å²) in [5.74, 6) is 0.730. The smallest absolute Gasteiger partial charge is 0.138 e. The van der Waals surface area contributed by atoms with Crippen molar-refractivity contribution in [3.05, 3.63) is 29.8 Å². The third-order valence-electron chi connectivity index (χ3n) is 2.71. The van der Waals surface area contributed by atoms with Crippen LogP contribution in [0.1, 0.15) is 26.3 Å². The number of hydrogen-bond acceptors (Lipinski definition) is 4. The van der Waals surface area contributed by atoms with E-state index in [1.165, 1.54) is 0 Å². The number of hydrogen-bond donors (Lipinski definition) is 2. The number of nitrogens with one attached hydrogen (secondary N) is 1. The van der Waals surface area contributed by atoms with Gasteiger partial charge in [0.25, 0.3) is 0 Å². The second-order valence-electron chi connectivity index (χ2n) is 5.15. The molecule has 2 N–H and O–H groups in total. The molecule has 0 bridgehead atoms. The highest BCUT2D eigenvalue weighted by Gasteiger charge is 2.25. The van der Waals surface area contributed by atoms with E-state index in [9.17, 15) is 5.26 Å². The molecule has 0 amide bonds. The normalized spacial score (nSPS) is 13.9. The molecule has 0 heterocycles. The number of ether oxygens (including phenoxy) is 1. The molecular weight excluding hydrogens is 240 g/mol. The van der Waals surface area contributed by atoms with Crippen LogP contribution in [-0.4, -0.2) is 29.9 Å². The fourth-order valence-electron chi connectivity index (χ4n) is 1.85. The lowest BCUT2D eigenvalue weighted by atomic mass is 10.1. The molecule has 1 aromatic rings. The number of benzene rings is 1. The van der Waals surface area contributed by atoms with Gasteiger partial charge in [-0.05, 0) is 44.9 Å². The molecule has 0 fully saturated rings. The Kier molecular flexibility index (Phi) is 5.81. The SMILES string of the molecule is CC(C)NC(C)(C#N)COc1ccc(CCO)cc1. The lowest BCUT2D eigenvalue weighted by molar-refractivity contribution is 0.225. The van der Waals surface area contributed by atoms with Crippen LogP contribution in [0.3, 0.4) is 0 Å². The van der Waals surface area contributed by atoms with Crippen LogP contribution in [0.15, 0.2) is 24.3 Å². The summed E-state index contributed by atoms with van der Waals surface area (Å²) in [6, 6.07) is 10.0. The second-order valence-corrected chi connectivity index (χ2v) is 5.15. The highest BCUT2D eigenvalue weighted by molar-refractivity contribution is 5.27. The van der Waals surface area contributed by atoms with E-state index >= 15 is 0 Å². The minimum Gasteiger partial charge on any atom is -0.491 e. The molecule has 0 radical (unpaired) electrons. The molecule has 0 aliphatic carbocycles. The van der Waals surface area contributed by atoms with E-state index in [-0.39, 0.29) is 12.6 Å². The van der Waals surface area contributed by atoms with Crippen molar-refractivity contribution in [3.63, 3.8) is 0 Å². The molecule has 4 heteroatoms. The monoisotopic (exact) mass is 262 g/mol. The lowest BCUT2D eigenvalue weighted by Gasteiger charge is -2.25. The van der Waals surface area contributed by atoms with Gasteiger partial charge in [0.2, 0.25) is 0 Å². The first-order valence-corrected chi connectivity index (χ1v) is 6.50. The van der Waals surface area contributed by atoms with Gasteiger partial charge < -0.3 is 9.84 Å². The van der Waals surface area contributed by atoms with Gasteiger partial charge in [-0.2, -0.15) is 5.26 Å². The zero-order valence-corrected chi connectivity index (χ0v) is 11.8. The second kappa shape index (κ2) is 7.13. The molecule has 4 nitrogen and oxygen atoms in total. The third-order valence-corrected chi connectivity index (χ3v) is 2.71. The van der Waals surface area contributed by atoms with Gasteiger partial charge in [0.15, 0.2) is 0 Å². The minimum absolute atomic E-state index is 0.144. The maximum atomic E-state index is 9.21. The standard InChI is InChI=1S/C15H22N2O2/c1-12(2)17-15(3,10-16)11-19-14-6-4-13(5-7-14)8-9-18/h4-7,12,17-18H,8-9,11H2,1-3H3. The first-order chi connectivity index (χ1) is 8.99. The van der Waals surface area contributed by atoms with Gasteiger partial charge in [0.05, 0.1) is 6.07 Å². The predicted molar refractivity (Wildman–Crippen MR) is 75.0 cm³/mol. The molecule has 104 valence electrons. The molecule has 1 aromatic carbocycles. The molecule has 1 atom stereocenters. The first-order valence-electron chi connectivity index (χ1n) is 6.50. The molecule has 19 heavy (non-hydrogen) atoms. The molecule has 1 rings (SSSR count). The minimum atomic E-state index is -0.696. The Morgan fingerprint density at radius 1 is 1.37 bits per heavy atom. The molecular formula is C15H22N2O2. The van der Waals surface area contributed by atoms with Gasteiger partial charge in [-0.15, -0.1) is 0 Å². The van der Waals surface area contributed by atoms with Crippen LogP contribution < -0.4 is 10.1 Å². The molecule has 0 aliphatic heterocycles. The fraction of sp³-hybridized carbons (Fsp3) is 0.533. The van der Waals surface area contributed by atoms with Crippen molar-refractivity contribution < 1.29 is 9.84 Å². The Hall–Kier alpha value is -1.57. The highest BCUT2D eigenvalue weighted by Crippen LogP contribution is 2.15. The average Bonchev–Trinajstić information content (AvgIpc) is 2.38. The molecule has 0 spiro atoms. The van der Waals surface area contributed by atoms with Crippen LogP contribution in [-0.2, 0) is 6.42 Å². The Labute approximate surface area is 115 Å². The average molecular weight is 262 g/mol. The summed E-state index contributed by atoms with van der Waals surface area (Å²) in [6.07, 6.45) is 0.644. The number of rotatable bonds is 7. The van der Waals surface area contributed by atoms with E-state index in [0.29, 0.717) is 13.0 Å². The number of aliphatic hydroxyl groups excluding tert-OH is 1. The van der Waals surface area contributed by atoms with Crippen molar-refractivity contribution in [1.29, 1.82) is 5.26 Å². The van der Waals surface area contributed by atoms with Crippen LogP contribution >= 0.6 is 0 Å². The first kappa shape index (κ1) is 15.5. The van der Waals surface area contributed by atoms with Crippen LogP contribution in [0.4, 0.5) is 0 Å². The van der Waals surface area contributed by atoms with Crippen molar-refractivity contribution in [2.24, 2.45) is 0 Å². The lowest BCUT2D eigenvalue weighted by Crippen LogP contribution is -2.49. The zero-order chi connectivity index (χ0) is 14.3. The van der Waals surface area contributed by atoms with Gasteiger partial charge in [0.1, 0.15) is 17.9 Å². The summed E-state index contributed by atoms with van der Waals surface area (Å²) < 4.78 is 5.65. The van der Waals surface area contributed by atoms with Crippen molar-refractivity contribution in [3.8, 4) is 11.8 Å².